The zero-order valence-corrected chi connectivity index (χ0v) is 11.4. The highest BCUT2D eigenvalue weighted by Gasteiger charge is 2.30. The van der Waals surface area contributed by atoms with Crippen molar-refractivity contribution in [2.75, 3.05) is 7.05 Å². The van der Waals surface area contributed by atoms with E-state index in [0.29, 0.717) is 6.04 Å². The molecule has 1 aliphatic carbocycles. The Hall–Kier alpha value is -1.13. The molecular weight excluding hydrogens is 252 g/mol. The summed E-state index contributed by atoms with van der Waals surface area (Å²) in [6.07, 6.45) is 2.60. The van der Waals surface area contributed by atoms with E-state index in [4.69, 9.17) is 11.6 Å². The largest absolute Gasteiger partial charge is 0.299 e. The molecule has 0 aliphatic heterocycles. The quantitative estimate of drug-likeness (QED) is 0.607. The van der Waals surface area contributed by atoms with Crippen molar-refractivity contribution in [2.24, 2.45) is 5.92 Å². The Bertz CT molecular complexity index is 460. The molecule has 0 N–H and O–H groups in total. The zero-order chi connectivity index (χ0) is 13.3. The van der Waals surface area contributed by atoms with Gasteiger partial charge in [-0.1, -0.05) is 17.7 Å². The Labute approximate surface area is 112 Å². The third-order valence-electron chi connectivity index (χ3n) is 3.64. The van der Waals surface area contributed by atoms with Gasteiger partial charge in [0.05, 0.1) is 4.92 Å². The van der Waals surface area contributed by atoms with Crippen LogP contribution in [0.25, 0.3) is 0 Å². The molecule has 0 bridgehead atoms. The maximum atomic E-state index is 10.8. The molecule has 1 unspecified atom stereocenters. The highest BCUT2D eigenvalue weighted by Crippen LogP contribution is 2.35. The van der Waals surface area contributed by atoms with Gasteiger partial charge in [-0.25, -0.2) is 0 Å². The third kappa shape index (κ3) is 3.00. The zero-order valence-electron chi connectivity index (χ0n) is 10.6. The minimum atomic E-state index is -0.434. The van der Waals surface area contributed by atoms with Crippen molar-refractivity contribution in [1.29, 1.82) is 0 Å². The molecule has 0 radical (unpaired) electrons. The number of hydrogen-bond acceptors (Lipinski definition) is 3. The summed E-state index contributed by atoms with van der Waals surface area (Å²) in [5.74, 6) is 0.789. The Morgan fingerprint density at radius 3 is 2.78 bits per heavy atom. The average Bonchev–Trinajstić information content (AvgIpc) is 3.14. The topological polar surface area (TPSA) is 46.4 Å². The highest BCUT2D eigenvalue weighted by molar-refractivity contribution is 6.32. The maximum Gasteiger partial charge on any atom is 0.288 e. The summed E-state index contributed by atoms with van der Waals surface area (Å²) in [6, 6.07) is 5.55. The van der Waals surface area contributed by atoms with Crippen LogP contribution in [-0.4, -0.2) is 22.9 Å². The standard InChI is InChI=1S/C13H17ClN2O2/c1-9(11-4-5-11)15(2)8-10-3-6-12(14)13(7-10)16(17)18/h3,6-7,9,11H,4-5,8H2,1-2H3. The minimum Gasteiger partial charge on any atom is -0.299 e. The molecule has 5 heteroatoms. The second kappa shape index (κ2) is 5.24. The third-order valence-corrected chi connectivity index (χ3v) is 3.96. The van der Waals surface area contributed by atoms with Crippen molar-refractivity contribution in [1.82, 2.24) is 4.90 Å². The van der Waals surface area contributed by atoms with Gasteiger partial charge in [0.1, 0.15) is 5.02 Å². The summed E-state index contributed by atoms with van der Waals surface area (Å²) in [5, 5.41) is 11.0. The predicted molar refractivity (Wildman–Crippen MR) is 71.8 cm³/mol. The summed E-state index contributed by atoms with van der Waals surface area (Å²) in [6.45, 7) is 2.93. The van der Waals surface area contributed by atoms with Crippen molar-refractivity contribution in [3.63, 3.8) is 0 Å². The van der Waals surface area contributed by atoms with Crippen molar-refractivity contribution in [3.8, 4) is 0 Å². The maximum absolute atomic E-state index is 10.8. The van der Waals surface area contributed by atoms with Crippen molar-refractivity contribution in [2.45, 2.75) is 32.4 Å². The van der Waals surface area contributed by atoms with Crippen LogP contribution in [0.5, 0.6) is 0 Å². The summed E-state index contributed by atoms with van der Waals surface area (Å²) < 4.78 is 0. The fraction of sp³-hybridized carbons (Fsp3) is 0.538. The number of benzene rings is 1. The van der Waals surface area contributed by atoms with Crippen LogP contribution in [0.4, 0.5) is 5.69 Å². The lowest BCUT2D eigenvalue weighted by molar-refractivity contribution is -0.384. The molecule has 18 heavy (non-hydrogen) atoms. The van der Waals surface area contributed by atoms with E-state index in [1.54, 1.807) is 12.1 Å². The average molecular weight is 269 g/mol. The summed E-state index contributed by atoms with van der Waals surface area (Å²) in [7, 11) is 2.06. The van der Waals surface area contributed by atoms with Gasteiger partial charge in [-0.05, 0) is 44.4 Å². The number of halogens is 1. The normalized spacial score (nSPS) is 16.9. The van der Waals surface area contributed by atoms with E-state index in [0.717, 1.165) is 18.0 Å². The van der Waals surface area contributed by atoms with E-state index in [1.165, 1.54) is 12.8 Å². The molecular formula is C13H17ClN2O2. The Morgan fingerprint density at radius 2 is 2.22 bits per heavy atom. The molecule has 0 saturated heterocycles. The highest BCUT2D eigenvalue weighted by atomic mass is 35.5. The molecule has 1 fully saturated rings. The van der Waals surface area contributed by atoms with Crippen LogP contribution in [0.3, 0.4) is 0 Å². The fourth-order valence-electron chi connectivity index (χ4n) is 2.17. The smallest absolute Gasteiger partial charge is 0.288 e. The molecule has 0 amide bonds. The molecule has 1 aromatic carbocycles. The predicted octanol–water partition coefficient (Wildman–Crippen LogP) is 3.48. The van der Waals surface area contributed by atoms with E-state index >= 15 is 0 Å². The van der Waals surface area contributed by atoms with E-state index in [1.807, 2.05) is 6.07 Å². The second-order valence-electron chi connectivity index (χ2n) is 5.04. The van der Waals surface area contributed by atoms with E-state index in [9.17, 15) is 10.1 Å². The fourth-order valence-corrected chi connectivity index (χ4v) is 2.35. The van der Waals surface area contributed by atoms with Crippen LogP contribution in [0.1, 0.15) is 25.3 Å². The van der Waals surface area contributed by atoms with Crippen LogP contribution in [0.15, 0.2) is 18.2 Å². The first-order valence-corrected chi connectivity index (χ1v) is 6.50. The first kappa shape index (κ1) is 13.3. The second-order valence-corrected chi connectivity index (χ2v) is 5.44. The van der Waals surface area contributed by atoms with Gasteiger partial charge >= 0.3 is 0 Å². The van der Waals surface area contributed by atoms with Gasteiger partial charge in [-0.2, -0.15) is 0 Å². The number of nitro benzene ring substituents is 1. The molecule has 2 rings (SSSR count). The summed E-state index contributed by atoms with van der Waals surface area (Å²) >= 11 is 5.80. The van der Waals surface area contributed by atoms with Gasteiger partial charge < -0.3 is 0 Å². The monoisotopic (exact) mass is 268 g/mol. The molecule has 0 aromatic heterocycles. The summed E-state index contributed by atoms with van der Waals surface area (Å²) in [4.78, 5) is 12.6. The molecule has 1 aromatic rings. The molecule has 1 atom stereocenters. The molecule has 98 valence electrons. The SMILES string of the molecule is CC(C1CC1)N(C)Cc1ccc(Cl)c([N+](=O)[O-])c1. The Balaban J connectivity index is 2.08. The van der Waals surface area contributed by atoms with Crippen LogP contribution >= 0.6 is 11.6 Å². The van der Waals surface area contributed by atoms with Crippen LogP contribution in [-0.2, 0) is 6.54 Å². The number of nitro groups is 1. The van der Waals surface area contributed by atoms with Gasteiger partial charge in [0.25, 0.3) is 5.69 Å². The van der Waals surface area contributed by atoms with E-state index < -0.39 is 4.92 Å². The molecule has 0 spiro atoms. The van der Waals surface area contributed by atoms with Gasteiger partial charge in [0.15, 0.2) is 0 Å². The lowest BCUT2D eigenvalue weighted by Gasteiger charge is -2.24. The van der Waals surface area contributed by atoms with Gasteiger partial charge in [0, 0.05) is 18.7 Å². The van der Waals surface area contributed by atoms with Gasteiger partial charge in [0.2, 0.25) is 0 Å². The Morgan fingerprint density at radius 1 is 1.56 bits per heavy atom. The van der Waals surface area contributed by atoms with Crippen molar-refractivity contribution >= 4 is 17.3 Å². The molecule has 1 aliphatic rings. The van der Waals surface area contributed by atoms with Crippen LogP contribution in [0.2, 0.25) is 5.02 Å². The van der Waals surface area contributed by atoms with Gasteiger partial charge in [-0.15, -0.1) is 0 Å². The molecule has 1 saturated carbocycles. The molecule has 0 heterocycles. The lowest BCUT2D eigenvalue weighted by atomic mass is 10.1. The number of rotatable bonds is 5. The van der Waals surface area contributed by atoms with Gasteiger partial charge in [-0.3, -0.25) is 15.0 Å². The minimum absolute atomic E-state index is 0.0124. The number of hydrogen-bond donors (Lipinski definition) is 0. The van der Waals surface area contributed by atoms with Crippen LogP contribution in [0, 0.1) is 16.0 Å². The van der Waals surface area contributed by atoms with E-state index in [2.05, 4.69) is 18.9 Å². The first-order valence-electron chi connectivity index (χ1n) is 6.12. The van der Waals surface area contributed by atoms with Crippen molar-refractivity contribution in [3.05, 3.63) is 38.9 Å². The molecule has 4 nitrogen and oxygen atoms in total. The van der Waals surface area contributed by atoms with E-state index in [-0.39, 0.29) is 10.7 Å². The van der Waals surface area contributed by atoms with Crippen molar-refractivity contribution < 1.29 is 4.92 Å². The first-order chi connectivity index (χ1) is 8.49. The lowest BCUT2D eigenvalue weighted by Crippen LogP contribution is -2.30. The summed E-state index contributed by atoms with van der Waals surface area (Å²) in [5.41, 5.74) is 0.919. The number of nitrogens with zero attached hydrogens (tertiary/aromatic N) is 2. The van der Waals surface area contributed by atoms with Crippen LogP contribution < -0.4 is 0 Å². The Kier molecular flexibility index (Phi) is 3.88.